The van der Waals surface area contributed by atoms with Gasteiger partial charge in [-0.3, -0.25) is 4.79 Å². The maximum absolute atomic E-state index is 13.2. The van der Waals surface area contributed by atoms with Crippen LogP contribution in [0.1, 0.15) is 60.9 Å². The summed E-state index contributed by atoms with van der Waals surface area (Å²) in [5, 5.41) is 8.05. The average molecular weight is 458 g/mol. The van der Waals surface area contributed by atoms with E-state index in [0.29, 0.717) is 30.0 Å². The van der Waals surface area contributed by atoms with Gasteiger partial charge in [0.1, 0.15) is 0 Å². The minimum Gasteiger partial charge on any atom is -0.322 e. The molecule has 32 heavy (non-hydrogen) atoms. The van der Waals surface area contributed by atoms with E-state index in [4.69, 9.17) is 0 Å². The van der Waals surface area contributed by atoms with Gasteiger partial charge in [-0.25, -0.2) is 18.1 Å². The minimum atomic E-state index is -3.65. The number of pyridine rings is 1. The normalized spacial score (nSPS) is 12.2. The van der Waals surface area contributed by atoms with Crippen molar-refractivity contribution in [3.63, 3.8) is 0 Å². The molecule has 3 aromatic rings. The Kier molecular flexibility index (Phi) is 6.71. The van der Waals surface area contributed by atoms with Gasteiger partial charge in [0.15, 0.2) is 5.65 Å². The first kappa shape index (κ1) is 23.9. The molecule has 1 amide bonds. The third-order valence-electron chi connectivity index (χ3n) is 5.73. The molecule has 1 aromatic carbocycles. The fourth-order valence-corrected chi connectivity index (χ4v) is 5.25. The highest BCUT2D eigenvalue weighted by molar-refractivity contribution is 7.89. The quantitative estimate of drug-likeness (QED) is 0.573. The van der Waals surface area contributed by atoms with Gasteiger partial charge >= 0.3 is 0 Å². The van der Waals surface area contributed by atoms with Crippen molar-refractivity contribution in [2.75, 3.05) is 18.4 Å². The summed E-state index contributed by atoms with van der Waals surface area (Å²) >= 11 is 0. The Bertz CT molecular complexity index is 1270. The van der Waals surface area contributed by atoms with E-state index in [9.17, 15) is 13.2 Å². The number of hydrogen-bond donors (Lipinski definition) is 1. The Morgan fingerprint density at radius 1 is 1.12 bits per heavy atom. The third kappa shape index (κ3) is 4.27. The number of carbonyl (C=O) groups excluding carboxylic acids is 1. The number of amides is 1. The molecule has 0 aliphatic heterocycles. The van der Waals surface area contributed by atoms with Crippen molar-refractivity contribution in [2.45, 2.75) is 59.4 Å². The first-order valence-corrected chi connectivity index (χ1v) is 12.2. The summed E-state index contributed by atoms with van der Waals surface area (Å²) in [4.78, 5) is 17.9. The van der Waals surface area contributed by atoms with Crippen LogP contribution in [0, 0.1) is 20.8 Å². The summed E-state index contributed by atoms with van der Waals surface area (Å²) in [6.45, 7) is 13.9. The lowest BCUT2D eigenvalue weighted by atomic mass is 10.1. The van der Waals surface area contributed by atoms with Gasteiger partial charge in [0.05, 0.1) is 22.3 Å². The fraction of sp³-hybridized carbons (Fsp3) is 0.435. The van der Waals surface area contributed by atoms with Crippen LogP contribution in [0.4, 0.5) is 5.69 Å². The smallest absolute Gasteiger partial charge is 0.257 e. The SMILES string of the molecule is CCN(CC)S(=O)(=O)c1cc(C)c(C)c(NC(=O)c2cc3cnn(C(C)C)c3nc2C)c1. The zero-order chi connectivity index (χ0) is 23.8. The van der Waals surface area contributed by atoms with Crippen LogP contribution in [0.2, 0.25) is 0 Å². The molecule has 1 N–H and O–H groups in total. The monoisotopic (exact) mass is 457 g/mol. The predicted molar refractivity (Wildman–Crippen MR) is 127 cm³/mol. The summed E-state index contributed by atoms with van der Waals surface area (Å²) < 4.78 is 29.3. The second-order valence-electron chi connectivity index (χ2n) is 8.17. The van der Waals surface area contributed by atoms with Gasteiger partial charge in [0, 0.05) is 30.2 Å². The molecule has 2 aromatic heterocycles. The molecule has 9 heteroatoms. The molecular formula is C23H31N5O3S. The Hall–Kier alpha value is -2.78. The molecule has 0 saturated carbocycles. The fourth-order valence-electron chi connectivity index (χ4n) is 3.68. The molecule has 0 atom stereocenters. The molecule has 0 spiro atoms. The maximum atomic E-state index is 13.2. The first-order valence-electron chi connectivity index (χ1n) is 10.8. The average Bonchev–Trinajstić information content (AvgIpc) is 3.14. The van der Waals surface area contributed by atoms with Crippen LogP contribution in [-0.2, 0) is 10.0 Å². The number of aryl methyl sites for hydroxylation is 2. The number of hydrogen-bond acceptors (Lipinski definition) is 5. The number of rotatable bonds is 7. The first-order chi connectivity index (χ1) is 15.0. The Morgan fingerprint density at radius 3 is 2.38 bits per heavy atom. The number of nitrogens with one attached hydrogen (secondary N) is 1. The van der Waals surface area contributed by atoms with Crippen LogP contribution >= 0.6 is 0 Å². The number of nitrogens with zero attached hydrogens (tertiary/aromatic N) is 4. The number of fused-ring (bicyclic) bond motifs is 1. The summed E-state index contributed by atoms with van der Waals surface area (Å²) in [6, 6.07) is 5.11. The Morgan fingerprint density at radius 2 is 1.78 bits per heavy atom. The number of anilines is 1. The Labute approximate surface area is 189 Å². The van der Waals surface area contributed by atoms with E-state index in [0.717, 1.165) is 22.2 Å². The summed E-state index contributed by atoms with van der Waals surface area (Å²) in [5.74, 6) is -0.339. The van der Waals surface area contributed by atoms with Crippen LogP contribution in [0.25, 0.3) is 11.0 Å². The van der Waals surface area contributed by atoms with Crippen molar-refractivity contribution in [2.24, 2.45) is 0 Å². The molecule has 2 heterocycles. The molecule has 0 fully saturated rings. The van der Waals surface area contributed by atoms with Gasteiger partial charge in [-0.1, -0.05) is 13.8 Å². The minimum absolute atomic E-state index is 0.153. The zero-order valence-electron chi connectivity index (χ0n) is 19.7. The highest BCUT2D eigenvalue weighted by atomic mass is 32.2. The van der Waals surface area contributed by atoms with Crippen LogP contribution in [0.3, 0.4) is 0 Å². The van der Waals surface area contributed by atoms with E-state index in [1.165, 1.54) is 10.4 Å². The molecule has 0 aliphatic rings. The van der Waals surface area contributed by atoms with Gasteiger partial charge in [0.2, 0.25) is 10.0 Å². The molecular weight excluding hydrogens is 426 g/mol. The number of benzene rings is 1. The highest BCUT2D eigenvalue weighted by Crippen LogP contribution is 2.27. The van der Waals surface area contributed by atoms with Crippen molar-refractivity contribution >= 4 is 32.7 Å². The largest absolute Gasteiger partial charge is 0.322 e. The second-order valence-corrected chi connectivity index (χ2v) is 10.1. The standard InChI is InChI=1S/C23H31N5O3S/c1-8-27(9-2)32(30,31)19-10-15(5)16(6)21(12-19)26-23(29)20-11-18-13-24-28(14(3)4)22(18)25-17(20)7/h10-14H,8-9H2,1-7H3,(H,26,29). The van der Waals surface area contributed by atoms with E-state index in [-0.39, 0.29) is 16.8 Å². The molecule has 8 nitrogen and oxygen atoms in total. The lowest BCUT2D eigenvalue weighted by Crippen LogP contribution is -2.30. The predicted octanol–water partition coefficient (Wildman–Crippen LogP) is 4.22. The van der Waals surface area contributed by atoms with Crippen molar-refractivity contribution in [3.8, 4) is 0 Å². The number of carbonyl (C=O) groups is 1. The number of aromatic nitrogens is 3. The van der Waals surface area contributed by atoms with E-state index < -0.39 is 10.0 Å². The van der Waals surface area contributed by atoms with E-state index in [2.05, 4.69) is 15.4 Å². The van der Waals surface area contributed by atoms with Crippen LogP contribution in [-0.4, -0.2) is 46.5 Å². The lowest BCUT2D eigenvalue weighted by molar-refractivity contribution is 0.102. The zero-order valence-corrected chi connectivity index (χ0v) is 20.5. The highest BCUT2D eigenvalue weighted by Gasteiger charge is 2.24. The van der Waals surface area contributed by atoms with E-state index >= 15 is 0 Å². The second kappa shape index (κ2) is 8.99. The van der Waals surface area contributed by atoms with E-state index in [1.54, 1.807) is 39.1 Å². The van der Waals surface area contributed by atoms with Crippen molar-refractivity contribution in [1.29, 1.82) is 0 Å². The molecule has 0 unspecified atom stereocenters. The maximum Gasteiger partial charge on any atom is 0.257 e. The molecule has 0 saturated heterocycles. The summed E-state index contributed by atoms with van der Waals surface area (Å²) in [7, 11) is -3.65. The van der Waals surface area contributed by atoms with Gasteiger partial charge in [-0.05, 0) is 63.9 Å². The molecule has 0 radical (unpaired) electrons. The Balaban J connectivity index is 2.01. The van der Waals surface area contributed by atoms with Gasteiger partial charge in [-0.2, -0.15) is 9.40 Å². The van der Waals surface area contributed by atoms with Gasteiger partial charge in [0.25, 0.3) is 5.91 Å². The topological polar surface area (TPSA) is 97.2 Å². The van der Waals surface area contributed by atoms with Gasteiger partial charge in [-0.15, -0.1) is 0 Å². The van der Waals surface area contributed by atoms with E-state index in [1.807, 2.05) is 32.4 Å². The van der Waals surface area contributed by atoms with Crippen molar-refractivity contribution in [1.82, 2.24) is 19.1 Å². The molecule has 0 aliphatic carbocycles. The van der Waals surface area contributed by atoms with Crippen LogP contribution in [0.5, 0.6) is 0 Å². The third-order valence-corrected chi connectivity index (χ3v) is 7.75. The lowest BCUT2D eigenvalue weighted by Gasteiger charge is -2.20. The van der Waals surface area contributed by atoms with Crippen LogP contribution < -0.4 is 5.32 Å². The summed E-state index contributed by atoms with van der Waals surface area (Å²) in [5.41, 5.74) is 3.81. The number of sulfonamides is 1. The van der Waals surface area contributed by atoms with Crippen molar-refractivity contribution < 1.29 is 13.2 Å². The molecule has 0 bridgehead atoms. The van der Waals surface area contributed by atoms with Crippen molar-refractivity contribution in [3.05, 3.63) is 46.8 Å². The van der Waals surface area contributed by atoms with Crippen LogP contribution in [0.15, 0.2) is 29.3 Å². The van der Waals surface area contributed by atoms with Gasteiger partial charge < -0.3 is 5.32 Å². The molecule has 3 rings (SSSR count). The summed E-state index contributed by atoms with van der Waals surface area (Å²) in [6.07, 6.45) is 1.70. The molecule has 172 valence electrons.